The van der Waals surface area contributed by atoms with Crippen molar-refractivity contribution in [1.82, 2.24) is 15.3 Å². The van der Waals surface area contributed by atoms with Crippen LogP contribution in [0, 0.1) is 0 Å². The zero-order valence-corrected chi connectivity index (χ0v) is 12.1. The van der Waals surface area contributed by atoms with Gasteiger partial charge in [-0.2, -0.15) is 0 Å². The molecule has 1 aromatic rings. The van der Waals surface area contributed by atoms with Gasteiger partial charge in [-0.05, 0) is 19.4 Å². The molecule has 0 bridgehead atoms. The number of aryl methyl sites for hydroxylation is 1. The van der Waals surface area contributed by atoms with E-state index in [9.17, 15) is 4.79 Å². The first-order valence-electron chi connectivity index (χ1n) is 6.77. The highest BCUT2D eigenvalue weighted by Gasteiger charge is 2.01. The lowest BCUT2D eigenvalue weighted by molar-refractivity contribution is -0.121. The third-order valence-electron chi connectivity index (χ3n) is 1.88. The number of amides is 1. The van der Waals surface area contributed by atoms with Crippen LogP contribution in [0.1, 0.15) is 46.2 Å². The number of rotatable bonds is 6. The summed E-state index contributed by atoms with van der Waals surface area (Å²) in [7, 11) is 0. The second-order valence-corrected chi connectivity index (χ2v) is 3.07. The fraction of sp³-hybridized carbons (Fsp3) is 0.692. The standard InChI is InChI=1S/C9H16N4O.2C2H6/c10-4-1-5-12-9(14)3-2-8-6-11-7-13-8;2*1-2/h6-7H,1-5,10H2,(H,11,13)(H,12,14);2*1-2H3. The largest absolute Gasteiger partial charge is 0.356 e. The van der Waals surface area contributed by atoms with Gasteiger partial charge in [-0.15, -0.1) is 0 Å². The van der Waals surface area contributed by atoms with Crippen molar-refractivity contribution in [3.05, 3.63) is 18.2 Å². The molecule has 1 heterocycles. The molecule has 0 fully saturated rings. The van der Waals surface area contributed by atoms with Crippen LogP contribution in [0.4, 0.5) is 0 Å². The van der Waals surface area contributed by atoms with Gasteiger partial charge in [-0.25, -0.2) is 4.98 Å². The third kappa shape index (κ3) is 11.1. The summed E-state index contributed by atoms with van der Waals surface area (Å²) < 4.78 is 0. The molecule has 5 heteroatoms. The van der Waals surface area contributed by atoms with Gasteiger partial charge in [0.05, 0.1) is 6.33 Å². The first kappa shape index (κ1) is 19.0. The molecule has 0 atom stereocenters. The van der Waals surface area contributed by atoms with Crippen LogP contribution in [0.5, 0.6) is 0 Å². The van der Waals surface area contributed by atoms with Crippen LogP contribution in [-0.2, 0) is 11.2 Å². The smallest absolute Gasteiger partial charge is 0.220 e. The van der Waals surface area contributed by atoms with Gasteiger partial charge >= 0.3 is 0 Å². The van der Waals surface area contributed by atoms with Gasteiger partial charge in [0, 0.05) is 24.9 Å². The Kier molecular flexibility index (Phi) is 16.5. The van der Waals surface area contributed by atoms with Gasteiger partial charge in [-0.3, -0.25) is 4.79 Å². The van der Waals surface area contributed by atoms with Crippen molar-refractivity contribution in [3.8, 4) is 0 Å². The quantitative estimate of drug-likeness (QED) is 0.679. The number of carbonyl (C=O) groups is 1. The zero-order chi connectivity index (χ0) is 14.2. The number of carbonyl (C=O) groups excluding carboxylic acids is 1. The highest BCUT2D eigenvalue weighted by Crippen LogP contribution is 1.96. The molecule has 0 aliphatic carbocycles. The normalized spacial score (nSPS) is 8.50. The maximum atomic E-state index is 11.2. The Bertz CT molecular complexity index is 260. The summed E-state index contributed by atoms with van der Waals surface area (Å²) in [6.45, 7) is 9.28. The number of nitrogens with two attached hydrogens (primary N) is 1. The van der Waals surface area contributed by atoms with Gasteiger partial charge in [0.2, 0.25) is 5.91 Å². The van der Waals surface area contributed by atoms with Crippen molar-refractivity contribution in [3.63, 3.8) is 0 Å². The van der Waals surface area contributed by atoms with E-state index in [1.165, 1.54) is 0 Å². The molecule has 0 aromatic carbocycles. The Morgan fingerprint density at radius 2 is 2.06 bits per heavy atom. The van der Waals surface area contributed by atoms with Crippen LogP contribution in [0.25, 0.3) is 0 Å². The number of hydrogen-bond acceptors (Lipinski definition) is 3. The van der Waals surface area contributed by atoms with E-state index >= 15 is 0 Å². The number of aromatic amines is 1. The summed E-state index contributed by atoms with van der Waals surface area (Å²) in [5.74, 6) is 0.0630. The van der Waals surface area contributed by atoms with Gasteiger partial charge in [0.1, 0.15) is 0 Å². The molecular weight excluding hydrogens is 228 g/mol. The maximum absolute atomic E-state index is 11.2. The zero-order valence-electron chi connectivity index (χ0n) is 12.1. The van der Waals surface area contributed by atoms with E-state index in [-0.39, 0.29) is 5.91 Å². The Balaban J connectivity index is 0. The summed E-state index contributed by atoms with van der Waals surface area (Å²) in [5, 5.41) is 2.79. The van der Waals surface area contributed by atoms with Gasteiger partial charge in [0.25, 0.3) is 0 Å². The molecule has 0 radical (unpaired) electrons. The first-order chi connectivity index (χ1) is 8.83. The summed E-state index contributed by atoms with van der Waals surface area (Å²) in [6.07, 6.45) is 5.37. The van der Waals surface area contributed by atoms with Crippen molar-refractivity contribution < 1.29 is 4.79 Å². The number of imidazole rings is 1. The lowest BCUT2D eigenvalue weighted by atomic mass is 10.2. The Morgan fingerprint density at radius 1 is 1.39 bits per heavy atom. The molecule has 106 valence electrons. The summed E-state index contributed by atoms with van der Waals surface area (Å²) in [5.41, 5.74) is 6.29. The number of nitrogens with one attached hydrogen (secondary N) is 2. The topological polar surface area (TPSA) is 83.8 Å². The molecule has 1 amide bonds. The molecule has 0 spiro atoms. The fourth-order valence-corrected chi connectivity index (χ4v) is 1.09. The minimum absolute atomic E-state index is 0.0630. The van der Waals surface area contributed by atoms with E-state index in [2.05, 4.69) is 15.3 Å². The van der Waals surface area contributed by atoms with E-state index in [0.717, 1.165) is 12.1 Å². The average Bonchev–Trinajstić information content (AvgIpc) is 2.95. The van der Waals surface area contributed by atoms with Crippen LogP contribution in [0.3, 0.4) is 0 Å². The van der Waals surface area contributed by atoms with Crippen molar-refractivity contribution in [2.75, 3.05) is 13.1 Å². The number of aromatic nitrogens is 2. The lowest BCUT2D eigenvalue weighted by Gasteiger charge is -2.02. The summed E-state index contributed by atoms with van der Waals surface area (Å²) >= 11 is 0. The third-order valence-corrected chi connectivity index (χ3v) is 1.88. The number of H-pyrrole nitrogens is 1. The van der Waals surface area contributed by atoms with Gasteiger partial charge in [0.15, 0.2) is 0 Å². The van der Waals surface area contributed by atoms with Crippen LogP contribution >= 0.6 is 0 Å². The van der Waals surface area contributed by atoms with E-state index in [0.29, 0.717) is 25.9 Å². The molecule has 5 nitrogen and oxygen atoms in total. The van der Waals surface area contributed by atoms with Gasteiger partial charge < -0.3 is 16.0 Å². The van der Waals surface area contributed by atoms with Crippen LogP contribution < -0.4 is 11.1 Å². The highest BCUT2D eigenvalue weighted by molar-refractivity contribution is 5.76. The molecular formula is C13H28N4O. The number of nitrogens with zero attached hydrogens (tertiary/aromatic N) is 1. The molecule has 0 aliphatic heterocycles. The first-order valence-corrected chi connectivity index (χ1v) is 6.77. The second-order valence-electron chi connectivity index (χ2n) is 3.07. The average molecular weight is 256 g/mol. The van der Waals surface area contributed by atoms with Crippen molar-refractivity contribution in [2.45, 2.75) is 47.0 Å². The van der Waals surface area contributed by atoms with Crippen LogP contribution in [-0.4, -0.2) is 29.0 Å². The Morgan fingerprint density at radius 3 is 2.56 bits per heavy atom. The minimum atomic E-state index is 0.0630. The molecule has 1 aromatic heterocycles. The fourth-order valence-electron chi connectivity index (χ4n) is 1.09. The molecule has 0 unspecified atom stereocenters. The molecule has 4 N–H and O–H groups in total. The van der Waals surface area contributed by atoms with E-state index in [4.69, 9.17) is 5.73 Å². The minimum Gasteiger partial charge on any atom is -0.356 e. The molecule has 18 heavy (non-hydrogen) atoms. The highest BCUT2D eigenvalue weighted by atomic mass is 16.1. The van der Waals surface area contributed by atoms with Crippen LogP contribution in [0.15, 0.2) is 12.5 Å². The lowest BCUT2D eigenvalue weighted by Crippen LogP contribution is -2.26. The predicted molar refractivity (Wildman–Crippen MR) is 76.3 cm³/mol. The SMILES string of the molecule is CC.CC.NCCCNC(=O)CCc1cnc[nH]1. The van der Waals surface area contributed by atoms with Crippen molar-refractivity contribution >= 4 is 5.91 Å². The predicted octanol–water partition coefficient (Wildman–Crippen LogP) is 1.86. The van der Waals surface area contributed by atoms with E-state index < -0.39 is 0 Å². The van der Waals surface area contributed by atoms with Crippen LogP contribution in [0.2, 0.25) is 0 Å². The van der Waals surface area contributed by atoms with Gasteiger partial charge in [-0.1, -0.05) is 27.7 Å². The molecule has 1 rings (SSSR count). The van der Waals surface area contributed by atoms with Crippen molar-refractivity contribution in [1.29, 1.82) is 0 Å². The van der Waals surface area contributed by atoms with E-state index in [1.807, 2.05) is 27.7 Å². The Labute approximate surface area is 111 Å². The molecule has 0 saturated carbocycles. The summed E-state index contributed by atoms with van der Waals surface area (Å²) in [6, 6.07) is 0. The van der Waals surface area contributed by atoms with Crippen molar-refractivity contribution in [2.24, 2.45) is 5.73 Å². The second kappa shape index (κ2) is 15.6. The summed E-state index contributed by atoms with van der Waals surface area (Å²) in [4.78, 5) is 18.0. The molecule has 0 saturated heterocycles. The Hall–Kier alpha value is -1.36. The van der Waals surface area contributed by atoms with E-state index in [1.54, 1.807) is 12.5 Å². The molecule has 0 aliphatic rings. The monoisotopic (exact) mass is 256 g/mol. The maximum Gasteiger partial charge on any atom is 0.220 e. The number of hydrogen-bond donors (Lipinski definition) is 3.